The van der Waals surface area contributed by atoms with Crippen molar-refractivity contribution in [1.82, 2.24) is 4.98 Å². The van der Waals surface area contributed by atoms with Gasteiger partial charge in [-0.05, 0) is 60.1 Å². The van der Waals surface area contributed by atoms with Crippen LogP contribution < -0.4 is 9.47 Å². The van der Waals surface area contributed by atoms with Crippen molar-refractivity contribution in [2.24, 2.45) is 0 Å². The van der Waals surface area contributed by atoms with Crippen molar-refractivity contribution < 1.29 is 27.6 Å². The average molecular weight is 482 g/mol. The number of aliphatic hydroxyl groups excluding tert-OH is 1. The topological polar surface area (TPSA) is 106 Å². The molecule has 1 aliphatic carbocycles. The molecule has 1 aromatic carbocycles. The number of aliphatic hydroxyl groups is 1. The van der Waals surface area contributed by atoms with Crippen molar-refractivity contribution >= 4 is 31.7 Å². The molecule has 7 nitrogen and oxygen atoms in total. The van der Waals surface area contributed by atoms with Crippen LogP contribution in [0.25, 0.3) is 10.2 Å². The summed E-state index contributed by atoms with van der Waals surface area (Å²) in [5.74, 6) is 0.483. The Labute approximate surface area is 193 Å². The molecule has 32 heavy (non-hydrogen) atoms. The zero-order chi connectivity index (χ0) is 24.1. The number of hydrogen-bond donors (Lipinski definition) is 2. The fourth-order valence-corrected chi connectivity index (χ4v) is 6.31. The molecule has 1 heterocycles. The minimum atomic E-state index is -4.56. The quantitative estimate of drug-likeness (QED) is 0.578. The molecular formula is C23H31NO6S2. The minimum Gasteiger partial charge on any atom is -0.488 e. The zero-order valence-corrected chi connectivity index (χ0v) is 21.0. The number of nitrogens with zero attached hydrogens (tertiary/aromatic N) is 1. The summed E-state index contributed by atoms with van der Waals surface area (Å²) in [5, 5.41) is 10.1. The first kappa shape index (κ1) is 24.7. The highest BCUT2D eigenvalue weighted by Crippen LogP contribution is 2.47. The molecule has 0 amide bonds. The molecule has 2 aromatic rings. The monoisotopic (exact) mass is 481 g/mol. The lowest BCUT2D eigenvalue weighted by Gasteiger charge is -2.41. The van der Waals surface area contributed by atoms with E-state index in [4.69, 9.17) is 9.47 Å². The highest BCUT2D eigenvalue weighted by molar-refractivity contribution is 7.86. The Morgan fingerprint density at radius 2 is 1.88 bits per heavy atom. The maximum Gasteiger partial charge on any atom is 0.274 e. The normalized spacial score (nSPS) is 22.8. The molecule has 0 radical (unpaired) electrons. The van der Waals surface area contributed by atoms with Gasteiger partial charge in [-0.15, -0.1) is 0 Å². The van der Waals surface area contributed by atoms with Gasteiger partial charge in [-0.2, -0.15) is 8.42 Å². The van der Waals surface area contributed by atoms with Crippen molar-refractivity contribution in [3.63, 3.8) is 0 Å². The molecule has 3 unspecified atom stereocenters. The first-order valence-corrected chi connectivity index (χ1v) is 12.8. The van der Waals surface area contributed by atoms with Gasteiger partial charge in [-0.25, -0.2) is 4.98 Å². The Morgan fingerprint density at radius 3 is 2.41 bits per heavy atom. The highest BCUT2D eigenvalue weighted by Gasteiger charge is 2.50. The molecule has 0 spiro atoms. The molecule has 0 saturated carbocycles. The van der Waals surface area contributed by atoms with Gasteiger partial charge in [0.1, 0.15) is 16.6 Å². The predicted molar refractivity (Wildman–Crippen MR) is 127 cm³/mol. The molecule has 3 rings (SSSR count). The molecule has 0 aliphatic heterocycles. The first-order valence-electron chi connectivity index (χ1n) is 10.5. The van der Waals surface area contributed by atoms with E-state index in [0.717, 1.165) is 5.57 Å². The summed E-state index contributed by atoms with van der Waals surface area (Å²) in [6, 6.07) is 3.51. The summed E-state index contributed by atoms with van der Waals surface area (Å²) < 4.78 is 47.7. The molecule has 0 bridgehead atoms. The van der Waals surface area contributed by atoms with E-state index >= 15 is 0 Å². The van der Waals surface area contributed by atoms with Gasteiger partial charge >= 0.3 is 0 Å². The van der Waals surface area contributed by atoms with Crippen molar-refractivity contribution in [2.75, 3.05) is 0 Å². The number of thiazole rings is 1. The van der Waals surface area contributed by atoms with E-state index < -0.39 is 32.5 Å². The maximum absolute atomic E-state index is 12.5. The van der Waals surface area contributed by atoms with Crippen LogP contribution in [0.3, 0.4) is 0 Å². The second kappa shape index (κ2) is 8.44. The fourth-order valence-electron chi connectivity index (χ4n) is 4.04. The van der Waals surface area contributed by atoms with Crippen LogP contribution in [0.5, 0.6) is 10.9 Å². The van der Waals surface area contributed by atoms with E-state index in [0.29, 0.717) is 26.7 Å². The van der Waals surface area contributed by atoms with Crippen LogP contribution in [0.15, 0.2) is 35.9 Å². The smallest absolute Gasteiger partial charge is 0.274 e. The molecule has 1 aromatic heterocycles. The zero-order valence-electron chi connectivity index (χ0n) is 19.4. The molecule has 1 aliphatic rings. The third-order valence-electron chi connectivity index (χ3n) is 5.15. The molecule has 3 atom stereocenters. The van der Waals surface area contributed by atoms with Gasteiger partial charge in [-0.1, -0.05) is 35.1 Å². The number of allylic oxidation sites excluding steroid dienone is 2. The van der Waals surface area contributed by atoms with Gasteiger partial charge in [0.25, 0.3) is 15.3 Å². The van der Waals surface area contributed by atoms with E-state index in [2.05, 4.69) is 4.98 Å². The first-order chi connectivity index (χ1) is 14.6. The Hall–Kier alpha value is -1.94. The molecule has 176 valence electrons. The summed E-state index contributed by atoms with van der Waals surface area (Å²) in [4.78, 5) is 4.58. The van der Waals surface area contributed by atoms with Gasteiger partial charge in [0, 0.05) is 6.07 Å². The number of rotatable bonds is 6. The van der Waals surface area contributed by atoms with Crippen LogP contribution in [-0.2, 0) is 15.5 Å². The van der Waals surface area contributed by atoms with E-state index in [1.807, 2.05) is 41.5 Å². The number of aromatic nitrogens is 1. The standard InChI is InChI=1S/C23H31NO6S2/c1-13(2)29-21-24-18-11-16(30-22(5,6)7)10-17(20(18)31-21)23(15(4)25)12-14(3)8-9-19(23)32(26,27)28/h8-13,15,19,25H,1-7H3,(H,26,27,28). The molecular weight excluding hydrogens is 450 g/mol. The van der Waals surface area contributed by atoms with Crippen LogP contribution in [0.1, 0.15) is 54.0 Å². The van der Waals surface area contributed by atoms with Crippen molar-refractivity contribution in [3.8, 4) is 10.9 Å². The number of ether oxygens (including phenoxy) is 2. The lowest BCUT2D eigenvalue weighted by Crippen LogP contribution is -2.50. The largest absolute Gasteiger partial charge is 0.488 e. The van der Waals surface area contributed by atoms with E-state index in [1.165, 1.54) is 24.3 Å². The number of hydrogen-bond acceptors (Lipinski definition) is 7. The summed E-state index contributed by atoms with van der Waals surface area (Å²) in [7, 11) is -4.56. The summed E-state index contributed by atoms with van der Waals surface area (Å²) >= 11 is 1.27. The fraction of sp³-hybridized carbons (Fsp3) is 0.522. The molecule has 0 fully saturated rings. The Morgan fingerprint density at radius 1 is 1.22 bits per heavy atom. The Bertz CT molecular complexity index is 1170. The van der Waals surface area contributed by atoms with Gasteiger partial charge in [0.05, 0.1) is 27.8 Å². The van der Waals surface area contributed by atoms with Crippen molar-refractivity contribution in [2.45, 2.75) is 76.9 Å². The van der Waals surface area contributed by atoms with E-state index in [-0.39, 0.29) is 6.10 Å². The van der Waals surface area contributed by atoms with Gasteiger partial charge < -0.3 is 14.6 Å². The maximum atomic E-state index is 12.5. The van der Waals surface area contributed by atoms with Gasteiger partial charge in [-0.3, -0.25) is 4.55 Å². The second-order valence-electron chi connectivity index (χ2n) is 9.47. The molecule has 2 N–H and O–H groups in total. The third-order valence-corrected chi connectivity index (χ3v) is 7.34. The Balaban J connectivity index is 2.40. The predicted octanol–water partition coefficient (Wildman–Crippen LogP) is 4.65. The van der Waals surface area contributed by atoms with Crippen LogP contribution >= 0.6 is 11.3 Å². The van der Waals surface area contributed by atoms with Gasteiger partial charge in [0.2, 0.25) is 0 Å². The lowest BCUT2D eigenvalue weighted by molar-refractivity contribution is 0.121. The number of fused-ring (bicyclic) bond motifs is 1. The van der Waals surface area contributed by atoms with Crippen LogP contribution in [-0.4, -0.2) is 46.1 Å². The SMILES string of the molecule is CC1=CC(c2cc(OC(C)(C)C)cc3nc(OC(C)C)sc23)(C(C)O)C(S(=O)(=O)O)C=C1. The van der Waals surface area contributed by atoms with Crippen LogP contribution in [0, 0.1) is 0 Å². The van der Waals surface area contributed by atoms with Crippen molar-refractivity contribution in [1.29, 1.82) is 0 Å². The van der Waals surface area contributed by atoms with E-state index in [9.17, 15) is 18.1 Å². The molecule has 0 saturated heterocycles. The van der Waals surface area contributed by atoms with Crippen LogP contribution in [0.4, 0.5) is 0 Å². The van der Waals surface area contributed by atoms with Crippen molar-refractivity contribution in [3.05, 3.63) is 41.5 Å². The highest BCUT2D eigenvalue weighted by atomic mass is 32.2. The van der Waals surface area contributed by atoms with Crippen LogP contribution in [0.2, 0.25) is 0 Å². The average Bonchev–Trinajstić information content (AvgIpc) is 2.99. The third kappa shape index (κ3) is 4.85. The Kier molecular flexibility index (Phi) is 6.52. The summed E-state index contributed by atoms with van der Waals surface area (Å²) in [6.07, 6.45) is 3.51. The number of benzene rings is 1. The van der Waals surface area contributed by atoms with E-state index in [1.54, 1.807) is 24.3 Å². The summed E-state index contributed by atoms with van der Waals surface area (Å²) in [5.41, 5.74) is -0.131. The summed E-state index contributed by atoms with van der Waals surface area (Å²) in [6.45, 7) is 12.9. The second-order valence-corrected chi connectivity index (χ2v) is 12.0. The molecule has 9 heteroatoms. The lowest BCUT2D eigenvalue weighted by atomic mass is 9.70. The minimum absolute atomic E-state index is 0.0969. The van der Waals surface area contributed by atoms with Gasteiger partial charge in [0.15, 0.2) is 0 Å².